The third-order valence-electron chi connectivity index (χ3n) is 8.40. The van der Waals surface area contributed by atoms with E-state index in [1.54, 1.807) is 12.1 Å². The number of carbonyl (C=O) groups is 1. The molecule has 1 aromatic heterocycles. The molecule has 1 saturated carbocycles. The van der Waals surface area contributed by atoms with E-state index in [9.17, 15) is 13.6 Å². The van der Waals surface area contributed by atoms with Gasteiger partial charge in [0.05, 0.1) is 29.8 Å². The number of halogens is 3. The van der Waals surface area contributed by atoms with Crippen LogP contribution in [0.5, 0.6) is 11.5 Å². The number of alkyl halides is 2. The molecule has 0 spiro atoms. The van der Waals surface area contributed by atoms with Gasteiger partial charge < -0.3 is 28.8 Å². The number of fused-ring (bicyclic) bond motifs is 2. The largest absolute Gasteiger partial charge is 0.586 e. The summed E-state index contributed by atoms with van der Waals surface area (Å²) in [5, 5.41) is 3.58. The average molecular weight is 573 g/mol. The number of amides is 1. The number of ether oxygens (including phenoxy) is 4. The van der Waals surface area contributed by atoms with Crippen LogP contribution in [0, 0.1) is 5.82 Å². The molecule has 2 fully saturated rings. The second-order valence-corrected chi connectivity index (χ2v) is 12.5. The van der Waals surface area contributed by atoms with Crippen LogP contribution in [0.25, 0.3) is 10.9 Å². The highest BCUT2D eigenvalue weighted by molar-refractivity contribution is 6.03. The van der Waals surface area contributed by atoms with Crippen molar-refractivity contribution in [3.63, 3.8) is 0 Å². The molecule has 0 bridgehead atoms. The first-order chi connectivity index (χ1) is 19.2. The SMILES string of the molecule is CCCC(C)(C)c1cc2cc(NC(=O)C3(c4ccc5c(c4)OC(F)(F)O5)CC3)c(F)cc2n1CC1COC(C)(C)O1. The second-order valence-electron chi connectivity index (χ2n) is 12.5. The number of hydrogen-bond acceptors (Lipinski definition) is 5. The number of nitrogens with zero attached hydrogens (tertiary/aromatic N) is 1. The number of anilines is 1. The van der Waals surface area contributed by atoms with Gasteiger partial charge >= 0.3 is 6.29 Å². The summed E-state index contributed by atoms with van der Waals surface area (Å²) in [6.45, 7) is 11.2. The van der Waals surface area contributed by atoms with Crippen molar-refractivity contribution in [3.05, 3.63) is 53.5 Å². The lowest BCUT2D eigenvalue weighted by Gasteiger charge is -2.28. The van der Waals surface area contributed by atoms with Crippen LogP contribution in [0.1, 0.15) is 71.6 Å². The van der Waals surface area contributed by atoms with Crippen LogP contribution in [0.4, 0.5) is 18.9 Å². The molecular formula is C31H35F3N2O5. The maximum absolute atomic E-state index is 15.6. The van der Waals surface area contributed by atoms with E-state index in [4.69, 9.17) is 9.47 Å². The van der Waals surface area contributed by atoms with Crippen LogP contribution < -0.4 is 14.8 Å². The Morgan fingerprint density at radius 2 is 1.83 bits per heavy atom. The lowest BCUT2D eigenvalue weighted by molar-refractivity contribution is -0.286. The van der Waals surface area contributed by atoms with Crippen molar-refractivity contribution >= 4 is 22.5 Å². The average Bonchev–Trinajstić information content (AvgIpc) is 3.39. The summed E-state index contributed by atoms with van der Waals surface area (Å²) in [6, 6.07) is 9.53. The van der Waals surface area contributed by atoms with Crippen LogP contribution in [0.2, 0.25) is 0 Å². The van der Waals surface area contributed by atoms with Crippen LogP contribution >= 0.6 is 0 Å². The maximum Gasteiger partial charge on any atom is 0.586 e. The number of nitrogens with one attached hydrogen (secondary N) is 1. The molecule has 2 aliphatic heterocycles. The highest BCUT2D eigenvalue weighted by Crippen LogP contribution is 2.52. The van der Waals surface area contributed by atoms with Gasteiger partial charge in [-0.25, -0.2) is 4.39 Å². The van der Waals surface area contributed by atoms with Crippen molar-refractivity contribution in [3.8, 4) is 11.5 Å². The van der Waals surface area contributed by atoms with Gasteiger partial charge in [0.25, 0.3) is 0 Å². The molecular weight excluding hydrogens is 537 g/mol. The zero-order chi connectivity index (χ0) is 29.4. The Morgan fingerprint density at radius 3 is 2.49 bits per heavy atom. The van der Waals surface area contributed by atoms with Gasteiger partial charge in [0.15, 0.2) is 17.3 Å². The summed E-state index contributed by atoms with van der Waals surface area (Å²) in [6.07, 6.45) is -0.996. The van der Waals surface area contributed by atoms with Crippen molar-refractivity contribution in [2.45, 2.75) is 95.9 Å². The minimum Gasteiger partial charge on any atom is -0.395 e. The fourth-order valence-corrected chi connectivity index (χ4v) is 6.21. The predicted octanol–water partition coefficient (Wildman–Crippen LogP) is 7.00. The van der Waals surface area contributed by atoms with E-state index < -0.39 is 29.2 Å². The van der Waals surface area contributed by atoms with E-state index in [1.165, 1.54) is 18.2 Å². The van der Waals surface area contributed by atoms with Crippen molar-refractivity contribution < 1.29 is 36.9 Å². The van der Waals surface area contributed by atoms with Gasteiger partial charge in [0, 0.05) is 22.6 Å². The summed E-state index contributed by atoms with van der Waals surface area (Å²) in [7, 11) is 0. The van der Waals surface area contributed by atoms with Gasteiger partial charge in [-0.2, -0.15) is 0 Å². The summed E-state index contributed by atoms with van der Waals surface area (Å²) < 4.78 is 65.7. The van der Waals surface area contributed by atoms with Gasteiger partial charge in [-0.05, 0) is 62.9 Å². The van der Waals surface area contributed by atoms with Crippen LogP contribution in [0.15, 0.2) is 36.4 Å². The van der Waals surface area contributed by atoms with Gasteiger partial charge in [0.1, 0.15) is 11.9 Å². The van der Waals surface area contributed by atoms with Crippen LogP contribution in [-0.4, -0.2) is 35.3 Å². The number of benzene rings is 2. The molecule has 2 aromatic carbocycles. The van der Waals surface area contributed by atoms with E-state index >= 15 is 4.39 Å². The lowest BCUT2D eigenvalue weighted by atomic mass is 9.84. The van der Waals surface area contributed by atoms with E-state index in [-0.39, 0.29) is 28.7 Å². The molecule has 6 rings (SSSR count). The third-order valence-corrected chi connectivity index (χ3v) is 8.40. The molecule has 0 radical (unpaired) electrons. The first-order valence-corrected chi connectivity index (χ1v) is 14.1. The highest BCUT2D eigenvalue weighted by Gasteiger charge is 2.53. The molecule has 3 aliphatic rings. The van der Waals surface area contributed by atoms with Crippen LogP contribution in [0.3, 0.4) is 0 Å². The Bertz CT molecular complexity index is 1530. The fourth-order valence-electron chi connectivity index (χ4n) is 6.21. The number of aromatic nitrogens is 1. The number of carbonyl (C=O) groups excluding carboxylic acids is 1. The van der Waals surface area contributed by atoms with E-state index in [1.807, 2.05) is 13.8 Å². The molecule has 1 saturated heterocycles. The van der Waals surface area contributed by atoms with Crippen molar-refractivity contribution in [2.24, 2.45) is 0 Å². The second kappa shape index (κ2) is 9.39. The number of hydrogen-bond donors (Lipinski definition) is 1. The molecule has 1 amide bonds. The lowest BCUT2D eigenvalue weighted by Crippen LogP contribution is -2.28. The molecule has 1 N–H and O–H groups in total. The molecule has 41 heavy (non-hydrogen) atoms. The van der Waals surface area contributed by atoms with Crippen LogP contribution in [-0.2, 0) is 31.6 Å². The maximum atomic E-state index is 15.6. The minimum absolute atomic E-state index is 0.0691. The quantitative estimate of drug-likeness (QED) is 0.315. The first kappa shape index (κ1) is 27.9. The smallest absolute Gasteiger partial charge is 0.395 e. The topological polar surface area (TPSA) is 71.0 Å². The van der Waals surface area contributed by atoms with Gasteiger partial charge in [-0.1, -0.05) is 33.3 Å². The molecule has 3 aromatic rings. The molecule has 7 nitrogen and oxygen atoms in total. The minimum atomic E-state index is -3.74. The number of rotatable bonds is 8. The van der Waals surface area contributed by atoms with Gasteiger partial charge in [-0.3, -0.25) is 4.79 Å². The Balaban J connectivity index is 1.31. The monoisotopic (exact) mass is 572 g/mol. The Labute approximate surface area is 236 Å². The Kier molecular flexibility index (Phi) is 6.39. The predicted molar refractivity (Wildman–Crippen MR) is 147 cm³/mol. The molecule has 1 atom stereocenters. The Hall–Kier alpha value is -3.24. The third kappa shape index (κ3) is 5.05. The molecule has 10 heteroatoms. The molecule has 220 valence electrons. The van der Waals surface area contributed by atoms with Crippen molar-refractivity contribution in [1.29, 1.82) is 0 Å². The zero-order valence-electron chi connectivity index (χ0n) is 23.9. The Morgan fingerprint density at radius 1 is 1.10 bits per heavy atom. The van der Waals surface area contributed by atoms with Gasteiger partial charge in [-0.15, -0.1) is 8.78 Å². The molecule has 3 heterocycles. The van der Waals surface area contributed by atoms with Crippen molar-refractivity contribution in [1.82, 2.24) is 4.57 Å². The summed E-state index contributed by atoms with van der Waals surface area (Å²) >= 11 is 0. The fraction of sp³-hybridized carbons (Fsp3) is 0.516. The highest BCUT2D eigenvalue weighted by atomic mass is 19.3. The summed E-state index contributed by atoms with van der Waals surface area (Å²) in [5.74, 6) is -1.84. The van der Waals surface area contributed by atoms with E-state index in [0.29, 0.717) is 37.1 Å². The van der Waals surface area contributed by atoms with E-state index in [2.05, 4.69) is 46.2 Å². The summed E-state index contributed by atoms with van der Waals surface area (Å²) in [4.78, 5) is 13.5. The standard InChI is InChI=1S/C31H35F3N2O5/c1-6-9-28(2,3)26-13-18-12-22(21(32)15-23(18)36(26)16-20-17-38-29(4,5)39-20)35-27(37)30(10-11-30)19-7-8-24-25(14-19)41-31(33,34)40-24/h7-8,12-15,20H,6,9-11,16-17H2,1-5H3,(H,35,37). The molecule has 1 unspecified atom stereocenters. The first-order valence-electron chi connectivity index (χ1n) is 14.1. The summed E-state index contributed by atoms with van der Waals surface area (Å²) in [5.41, 5.74) is 1.22. The normalized spacial score (nSPS) is 21.8. The van der Waals surface area contributed by atoms with Crippen molar-refractivity contribution in [2.75, 3.05) is 11.9 Å². The zero-order valence-corrected chi connectivity index (χ0v) is 23.9. The van der Waals surface area contributed by atoms with E-state index in [0.717, 1.165) is 23.9 Å². The van der Waals surface area contributed by atoms with Gasteiger partial charge in [0.2, 0.25) is 5.91 Å². The molecule has 1 aliphatic carbocycles.